The summed E-state index contributed by atoms with van der Waals surface area (Å²) < 4.78 is 2.58. The predicted octanol–water partition coefficient (Wildman–Crippen LogP) is 2.20. The van der Waals surface area contributed by atoms with Crippen LogP contribution in [0.3, 0.4) is 0 Å². The third kappa shape index (κ3) is 2.34. The number of anilines is 1. The van der Waals surface area contributed by atoms with E-state index < -0.39 is 5.92 Å². The molecule has 0 aromatic carbocycles. The Kier molecular flexibility index (Phi) is 3.63. The maximum atomic E-state index is 13.1. The van der Waals surface area contributed by atoms with Gasteiger partial charge in [0.1, 0.15) is 11.6 Å². The fourth-order valence-electron chi connectivity index (χ4n) is 4.15. The third-order valence-corrected chi connectivity index (χ3v) is 6.27. The number of hydrogen-bond acceptors (Lipinski definition) is 5. The monoisotopic (exact) mass is 371 g/mol. The lowest BCUT2D eigenvalue weighted by Gasteiger charge is -2.40. The van der Waals surface area contributed by atoms with Gasteiger partial charge >= 0.3 is 5.69 Å². The van der Waals surface area contributed by atoms with E-state index in [0.717, 1.165) is 15.1 Å². The summed E-state index contributed by atoms with van der Waals surface area (Å²) in [5, 5.41) is 5.20. The number of carbonyl (C=O) groups excluding carboxylic acids is 1. The minimum absolute atomic E-state index is 0.125. The van der Waals surface area contributed by atoms with Gasteiger partial charge in [0.2, 0.25) is 0 Å². The van der Waals surface area contributed by atoms with E-state index in [2.05, 4.69) is 11.4 Å². The molecular formula is C19H21N3O3S. The van der Waals surface area contributed by atoms with E-state index >= 15 is 0 Å². The third-order valence-electron chi connectivity index (χ3n) is 5.31. The predicted molar refractivity (Wildman–Crippen MR) is 102 cm³/mol. The number of allylic oxidation sites excluding steroid dienone is 2. The number of hydrogen-bond donors (Lipinski definition) is 1. The Balaban J connectivity index is 2.08. The second-order valence-corrected chi connectivity index (χ2v) is 8.77. The fourth-order valence-corrected chi connectivity index (χ4v) is 5.03. The topological polar surface area (TPSA) is 73.1 Å². The lowest BCUT2D eigenvalue weighted by atomic mass is 9.68. The van der Waals surface area contributed by atoms with Gasteiger partial charge < -0.3 is 5.32 Å². The van der Waals surface area contributed by atoms with E-state index in [1.165, 1.54) is 23.0 Å². The van der Waals surface area contributed by atoms with Gasteiger partial charge in [0.15, 0.2) is 0 Å². The minimum Gasteiger partial charge on any atom is -0.344 e. The molecule has 7 heteroatoms. The van der Waals surface area contributed by atoms with Crippen molar-refractivity contribution in [2.75, 3.05) is 5.32 Å². The van der Waals surface area contributed by atoms with E-state index in [1.807, 2.05) is 31.4 Å². The highest BCUT2D eigenvalue weighted by Crippen LogP contribution is 2.48. The van der Waals surface area contributed by atoms with E-state index in [0.29, 0.717) is 17.8 Å². The number of aromatic nitrogens is 2. The van der Waals surface area contributed by atoms with Gasteiger partial charge in [0.25, 0.3) is 5.56 Å². The van der Waals surface area contributed by atoms with E-state index in [1.54, 1.807) is 7.05 Å². The molecule has 3 heterocycles. The molecule has 2 aromatic rings. The lowest BCUT2D eigenvalue weighted by Crippen LogP contribution is -2.47. The molecule has 0 unspecified atom stereocenters. The summed E-state index contributed by atoms with van der Waals surface area (Å²) in [6.07, 6.45) is 2.51. The molecule has 0 radical (unpaired) electrons. The quantitative estimate of drug-likeness (QED) is 0.834. The Morgan fingerprint density at radius 2 is 1.88 bits per heavy atom. The van der Waals surface area contributed by atoms with Crippen molar-refractivity contribution in [2.45, 2.75) is 26.2 Å². The number of fused-ring (bicyclic) bond motifs is 2. The van der Waals surface area contributed by atoms with Crippen LogP contribution in [0.25, 0.3) is 0 Å². The van der Waals surface area contributed by atoms with E-state index in [4.69, 9.17) is 0 Å². The van der Waals surface area contributed by atoms with Crippen LogP contribution < -0.4 is 16.6 Å². The molecule has 1 aliphatic carbocycles. The first-order valence-corrected chi connectivity index (χ1v) is 9.45. The van der Waals surface area contributed by atoms with Crippen LogP contribution in [-0.4, -0.2) is 14.9 Å². The molecule has 0 fully saturated rings. The number of Topliss-reactive ketones (excluding diaryl/α,β-unsaturated/α-hetero) is 1. The van der Waals surface area contributed by atoms with Crippen molar-refractivity contribution in [2.24, 2.45) is 25.4 Å². The van der Waals surface area contributed by atoms with Crippen molar-refractivity contribution in [1.82, 2.24) is 9.13 Å². The van der Waals surface area contributed by atoms with Crippen LogP contribution in [0.2, 0.25) is 0 Å². The maximum absolute atomic E-state index is 13.1. The summed E-state index contributed by atoms with van der Waals surface area (Å²) in [7, 11) is 3.13. The molecule has 1 aliphatic heterocycles. The molecule has 2 atom stereocenters. The maximum Gasteiger partial charge on any atom is 0.332 e. The van der Waals surface area contributed by atoms with Gasteiger partial charge in [-0.15, -0.1) is 11.3 Å². The summed E-state index contributed by atoms with van der Waals surface area (Å²) in [6.45, 7) is 4.04. The van der Waals surface area contributed by atoms with Gasteiger partial charge in [-0.1, -0.05) is 26.0 Å². The fraction of sp³-hybridized carbons (Fsp3) is 0.421. The number of ketones is 1. The number of nitrogens with one attached hydrogen (secondary N) is 1. The van der Waals surface area contributed by atoms with Crippen molar-refractivity contribution >= 4 is 22.9 Å². The average Bonchev–Trinajstić information content (AvgIpc) is 3.09. The molecule has 0 bridgehead atoms. The number of rotatable bonds is 1. The van der Waals surface area contributed by atoms with Gasteiger partial charge in [-0.25, -0.2) is 4.79 Å². The van der Waals surface area contributed by atoms with Gasteiger partial charge in [-0.2, -0.15) is 0 Å². The van der Waals surface area contributed by atoms with Crippen LogP contribution in [0, 0.1) is 11.3 Å². The largest absolute Gasteiger partial charge is 0.344 e. The summed E-state index contributed by atoms with van der Waals surface area (Å²) >= 11 is 1.53. The first kappa shape index (κ1) is 17.0. The molecule has 4 rings (SSSR count). The van der Waals surface area contributed by atoms with Gasteiger partial charge in [0, 0.05) is 37.0 Å². The Bertz CT molecular complexity index is 1060. The van der Waals surface area contributed by atoms with Crippen molar-refractivity contribution in [3.63, 3.8) is 0 Å². The highest BCUT2D eigenvalue weighted by atomic mass is 32.1. The first-order valence-electron chi connectivity index (χ1n) is 8.57. The molecule has 0 saturated carbocycles. The van der Waals surface area contributed by atoms with Gasteiger partial charge in [-0.05, 0) is 16.9 Å². The summed E-state index contributed by atoms with van der Waals surface area (Å²) in [5.74, 6) is -0.171. The summed E-state index contributed by atoms with van der Waals surface area (Å²) in [5.41, 5.74) is 0.302. The van der Waals surface area contributed by atoms with Gasteiger partial charge in [0.05, 0.1) is 11.5 Å². The standard InChI is InChI=1S/C19H21N3O3S/c1-19(2)8-10-13(11(23)9-19)14(12-6-5-7-26-12)15-16(20-10)21(3)18(25)22(4)17(15)24/h5-8,13-14,20H,9H2,1-4H3/t13-,14-/m0/s1. The zero-order valence-corrected chi connectivity index (χ0v) is 16.0. The van der Waals surface area contributed by atoms with Crippen molar-refractivity contribution in [3.05, 3.63) is 60.6 Å². The SMILES string of the molecule is Cn1c2c(c(=O)n(C)c1=O)[C@@H](c1cccs1)[C@@H]1C(=O)CC(C)(C)C=C1N2. The Morgan fingerprint density at radius 1 is 1.15 bits per heavy atom. The summed E-state index contributed by atoms with van der Waals surface area (Å²) in [6, 6.07) is 3.88. The highest BCUT2D eigenvalue weighted by Gasteiger charge is 2.46. The molecule has 136 valence electrons. The van der Waals surface area contributed by atoms with E-state index in [9.17, 15) is 14.4 Å². The van der Waals surface area contributed by atoms with Gasteiger partial charge in [-0.3, -0.25) is 18.7 Å². The number of thiophene rings is 1. The Hall–Kier alpha value is -2.41. The van der Waals surface area contributed by atoms with Crippen molar-refractivity contribution in [3.8, 4) is 0 Å². The number of nitrogens with zero attached hydrogens (tertiary/aromatic N) is 2. The molecular weight excluding hydrogens is 350 g/mol. The summed E-state index contributed by atoms with van der Waals surface area (Å²) in [4.78, 5) is 39.4. The van der Waals surface area contributed by atoms with Crippen LogP contribution >= 0.6 is 11.3 Å². The smallest absolute Gasteiger partial charge is 0.332 e. The van der Waals surface area contributed by atoms with Crippen LogP contribution in [0.5, 0.6) is 0 Å². The zero-order valence-electron chi connectivity index (χ0n) is 15.2. The Morgan fingerprint density at radius 3 is 2.54 bits per heavy atom. The average molecular weight is 371 g/mol. The molecule has 1 N–H and O–H groups in total. The molecule has 0 spiro atoms. The lowest BCUT2D eigenvalue weighted by molar-refractivity contribution is -0.124. The van der Waals surface area contributed by atoms with Crippen molar-refractivity contribution in [1.29, 1.82) is 0 Å². The van der Waals surface area contributed by atoms with Crippen molar-refractivity contribution < 1.29 is 4.79 Å². The second kappa shape index (κ2) is 5.54. The molecule has 2 aromatic heterocycles. The zero-order chi connectivity index (χ0) is 18.8. The van der Waals surface area contributed by atoms with Crippen LogP contribution in [0.1, 0.15) is 36.6 Å². The first-order chi connectivity index (χ1) is 12.2. The molecule has 0 amide bonds. The molecule has 2 aliphatic rings. The highest BCUT2D eigenvalue weighted by molar-refractivity contribution is 7.10. The normalized spacial score (nSPS) is 23.7. The Labute approximate surface area is 154 Å². The van der Waals surface area contributed by atoms with Crippen LogP contribution in [0.4, 0.5) is 5.82 Å². The molecule has 0 saturated heterocycles. The van der Waals surface area contributed by atoms with Crippen LogP contribution in [-0.2, 0) is 18.9 Å². The van der Waals surface area contributed by atoms with E-state index in [-0.39, 0.29) is 28.4 Å². The van der Waals surface area contributed by atoms with Crippen LogP contribution in [0.15, 0.2) is 38.9 Å². The number of carbonyl (C=O) groups is 1. The second-order valence-electron chi connectivity index (χ2n) is 7.80. The molecule has 26 heavy (non-hydrogen) atoms. The molecule has 6 nitrogen and oxygen atoms in total. The minimum atomic E-state index is -0.417.